The second kappa shape index (κ2) is 7.47. The van der Waals surface area contributed by atoms with Crippen molar-refractivity contribution in [1.82, 2.24) is 10.9 Å². The number of carbonyl (C=O) groups excluding carboxylic acids is 3. The van der Waals surface area contributed by atoms with Crippen molar-refractivity contribution < 1.29 is 14.4 Å². The molecule has 1 atom stereocenters. The highest BCUT2D eigenvalue weighted by atomic mass is 16.2. The Morgan fingerprint density at radius 3 is 2.62 bits per heavy atom. The summed E-state index contributed by atoms with van der Waals surface area (Å²) in [6.07, 6.45) is 0.498. The Labute approximate surface area is 142 Å². The molecule has 130 valence electrons. The van der Waals surface area contributed by atoms with Crippen molar-refractivity contribution in [3.63, 3.8) is 0 Å². The van der Waals surface area contributed by atoms with E-state index in [2.05, 4.69) is 10.9 Å². The van der Waals surface area contributed by atoms with Gasteiger partial charge in [0.2, 0.25) is 17.7 Å². The Balaban J connectivity index is 1.98. The SMILES string of the molecule is Cc1cccc(N2CC(C(=O)NNC(=O)CC(C)C)CC2=O)c1C. The molecule has 0 aliphatic carbocycles. The summed E-state index contributed by atoms with van der Waals surface area (Å²) < 4.78 is 0. The largest absolute Gasteiger partial charge is 0.311 e. The van der Waals surface area contributed by atoms with Gasteiger partial charge >= 0.3 is 0 Å². The number of nitrogens with zero attached hydrogens (tertiary/aromatic N) is 1. The summed E-state index contributed by atoms with van der Waals surface area (Å²) in [5.74, 6) is -0.869. The van der Waals surface area contributed by atoms with Gasteiger partial charge in [0.15, 0.2) is 0 Å². The van der Waals surface area contributed by atoms with E-state index in [1.807, 2.05) is 45.9 Å². The van der Waals surface area contributed by atoms with Gasteiger partial charge in [0, 0.05) is 25.1 Å². The standard InChI is InChI=1S/C18H25N3O3/c1-11(2)8-16(22)19-20-18(24)14-9-17(23)21(10-14)15-7-5-6-12(3)13(15)4/h5-7,11,14H,8-10H2,1-4H3,(H,19,22)(H,20,24). The molecule has 0 aromatic heterocycles. The Morgan fingerprint density at radius 1 is 1.25 bits per heavy atom. The van der Waals surface area contributed by atoms with Crippen LogP contribution in [0.5, 0.6) is 0 Å². The molecule has 0 saturated carbocycles. The molecular weight excluding hydrogens is 306 g/mol. The van der Waals surface area contributed by atoms with Crippen LogP contribution in [0.25, 0.3) is 0 Å². The van der Waals surface area contributed by atoms with Gasteiger partial charge in [-0.3, -0.25) is 25.2 Å². The van der Waals surface area contributed by atoms with Crippen molar-refractivity contribution in [3.05, 3.63) is 29.3 Å². The fraction of sp³-hybridized carbons (Fsp3) is 0.500. The summed E-state index contributed by atoms with van der Waals surface area (Å²) in [6.45, 7) is 8.15. The lowest BCUT2D eigenvalue weighted by Gasteiger charge is -2.20. The molecule has 1 saturated heterocycles. The zero-order chi connectivity index (χ0) is 17.9. The quantitative estimate of drug-likeness (QED) is 0.827. The molecule has 1 heterocycles. The molecule has 6 nitrogen and oxygen atoms in total. The summed E-state index contributed by atoms with van der Waals surface area (Å²) in [7, 11) is 0. The first-order chi connectivity index (χ1) is 11.3. The maximum absolute atomic E-state index is 12.3. The molecule has 0 radical (unpaired) electrons. The molecule has 1 unspecified atom stereocenters. The lowest BCUT2D eigenvalue weighted by atomic mass is 10.1. The number of nitrogens with one attached hydrogen (secondary N) is 2. The molecule has 0 bridgehead atoms. The van der Waals surface area contributed by atoms with E-state index in [-0.39, 0.29) is 30.1 Å². The van der Waals surface area contributed by atoms with Gasteiger partial charge in [-0.05, 0) is 37.0 Å². The van der Waals surface area contributed by atoms with Crippen molar-refractivity contribution in [3.8, 4) is 0 Å². The number of hydrogen-bond acceptors (Lipinski definition) is 3. The Bertz CT molecular complexity index is 655. The van der Waals surface area contributed by atoms with Gasteiger partial charge in [0.1, 0.15) is 0 Å². The van der Waals surface area contributed by atoms with E-state index in [4.69, 9.17) is 0 Å². The molecule has 2 rings (SSSR count). The van der Waals surface area contributed by atoms with Crippen LogP contribution in [0, 0.1) is 25.7 Å². The molecule has 1 aliphatic rings. The number of carbonyl (C=O) groups is 3. The fourth-order valence-corrected chi connectivity index (χ4v) is 2.80. The Kier molecular flexibility index (Phi) is 5.59. The van der Waals surface area contributed by atoms with Gasteiger partial charge < -0.3 is 4.90 Å². The van der Waals surface area contributed by atoms with Crippen LogP contribution < -0.4 is 15.8 Å². The molecule has 1 fully saturated rings. The first-order valence-electron chi connectivity index (χ1n) is 8.25. The van der Waals surface area contributed by atoms with E-state index in [1.165, 1.54) is 0 Å². The number of aryl methyl sites for hydroxylation is 1. The van der Waals surface area contributed by atoms with Crippen molar-refractivity contribution in [2.45, 2.75) is 40.5 Å². The van der Waals surface area contributed by atoms with E-state index >= 15 is 0 Å². The molecule has 3 amide bonds. The van der Waals surface area contributed by atoms with Crippen molar-refractivity contribution >= 4 is 23.4 Å². The van der Waals surface area contributed by atoms with Crippen LogP contribution in [0.4, 0.5) is 5.69 Å². The first kappa shape index (κ1) is 18.0. The topological polar surface area (TPSA) is 78.5 Å². The number of amides is 3. The molecule has 24 heavy (non-hydrogen) atoms. The summed E-state index contributed by atoms with van der Waals surface area (Å²) in [5.41, 5.74) is 7.83. The monoisotopic (exact) mass is 331 g/mol. The van der Waals surface area contributed by atoms with Gasteiger partial charge in [-0.25, -0.2) is 0 Å². The van der Waals surface area contributed by atoms with Crippen LogP contribution in [0.2, 0.25) is 0 Å². The third kappa shape index (κ3) is 4.13. The maximum atomic E-state index is 12.3. The number of hydrazine groups is 1. The van der Waals surface area contributed by atoms with E-state index < -0.39 is 5.92 Å². The molecular formula is C18H25N3O3. The Hall–Kier alpha value is -2.37. The molecule has 6 heteroatoms. The predicted molar refractivity (Wildman–Crippen MR) is 92.1 cm³/mol. The lowest BCUT2D eigenvalue weighted by molar-refractivity contribution is -0.131. The highest BCUT2D eigenvalue weighted by Gasteiger charge is 2.35. The van der Waals surface area contributed by atoms with Crippen LogP contribution in [0.1, 0.15) is 37.8 Å². The number of hydrogen-bond donors (Lipinski definition) is 2. The van der Waals surface area contributed by atoms with E-state index in [1.54, 1.807) is 4.90 Å². The van der Waals surface area contributed by atoms with Crippen molar-refractivity contribution in [1.29, 1.82) is 0 Å². The van der Waals surface area contributed by atoms with E-state index in [9.17, 15) is 14.4 Å². The highest BCUT2D eigenvalue weighted by Crippen LogP contribution is 2.29. The van der Waals surface area contributed by atoms with Crippen LogP contribution in [-0.4, -0.2) is 24.3 Å². The minimum atomic E-state index is -0.461. The normalized spacial score (nSPS) is 17.3. The third-order valence-electron chi connectivity index (χ3n) is 4.28. The second-order valence-electron chi connectivity index (χ2n) is 6.76. The molecule has 0 spiro atoms. The van der Waals surface area contributed by atoms with Crippen LogP contribution >= 0.6 is 0 Å². The summed E-state index contributed by atoms with van der Waals surface area (Å²) in [6, 6.07) is 5.79. The summed E-state index contributed by atoms with van der Waals surface area (Å²) in [4.78, 5) is 37.8. The van der Waals surface area contributed by atoms with Gasteiger partial charge in [0.05, 0.1) is 5.92 Å². The summed E-state index contributed by atoms with van der Waals surface area (Å²) in [5, 5.41) is 0. The average molecular weight is 331 g/mol. The van der Waals surface area contributed by atoms with Gasteiger partial charge in [-0.2, -0.15) is 0 Å². The minimum Gasteiger partial charge on any atom is -0.311 e. The van der Waals surface area contributed by atoms with Gasteiger partial charge in [0.25, 0.3) is 0 Å². The smallest absolute Gasteiger partial charge is 0.243 e. The number of benzene rings is 1. The van der Waals surface area contributed by atoms with E-state index in [0.717, 1.165) is 16.8 Å². The highest BCUT2D eigenvalue weighted by molar-refractivity contribution is 6.01. The predicted octanol–water partition coefficient (Wildman–Crippen LogP) is 1.85. The zero-order valence-electron chi connectivity index (χ0n) is 14.7. The van der Waals surface area contributed by atoms with Crippen LogP contribution in [0.15, 0.2) is 18.2 Å². The van der Waals surface area contributed by atoms with Crippen molar-refractivity contribution in [2.75, 3.05) is 11.4 Å². The van der Waals surface area contributed by atoms with Crippen LogP contribution in [0.3, 0.4) is 0 Å². The van der Waals surface area contributed by atoms with Gasteiger partial charge in [-0.15, -0.1) is 0 Å². The minimum absolute atomic E-state index is 0.0719. The Morgan fingerprint density at radius 2 is 1.96 bits per heavy atom. The maximum Gasteiger partial charge on any atom is 0.243 e. The van der Waals surface area contributed by atoms with Crippen molar-refractivity contribution in [2.24, 2.45) is 11.8 Å². The average Bonchev–Trinajstić information content (AvgIpc) is 2.89. The van der Waals surface area contributed by atoms with Crippen LogP contribution in [-0.2, 0) is 14.4 Å². The molecule has 1 aliphatic heterocycles. The van der Waals surface area contributed by atoms with E-state index in [0.29, 0.717) is 13.0 Å². The zero-order valence-corrected chi connectivity index (χ0v) is 14.7. The second-order valence-corrected chi connectivity index (χ2v) is 6.76. The fourth-order valence-electron chi connectivity index (χ4n) is 2.80. The summed E-state index contributed by atoms with van der Waals surface area (Å²) >= 11 is 0. The lowest BCUT2D eigenvalue weighted by Crippen LogP contribution is -2.45. The molecule has 2 N–H and O–H groups in total. The molecule has 1 aromatic carbocycles. The molecule has 1 aromatic rings. The number of rotatable bonds is 4. The number of anilines is 1. The third-order valence-corrected chi connectivity index (χ3v) is 4.28. The van der Waals surface area contributed by atoms with Gasteiger partial charge in [-0.1, -0.05) is 26.0 Å². The first-order valence-corrected chi connectivity index (χ1v) is 8.25.